The van der Waals surface area contributed by atoms with Gasteiger partial charge in [0.05, 0.1) is 27.0 Å². The molecule has 0 aliphatic heterocycles. The second-order valence-electron chi connectivity index (χ2n) is 4.27. The van der Waals surface area contributed by atoms with Gasteiger partial charge in [0.1, 0.15) is 4.88 Å². The van der Waals surface area contributed by atoms with E-state index in [-0.39, 0.29) is 5.91 Å². The molecule has 0 saturated heterocycles. The number of nitrogens with one attached hydrogen (secondary N) is 1. The summed E-state index contributed by atoms with van der Waals surface area (Å²) in [7, 11) is 2.79. The number of rotatable bonds is 6. The maximum absolute atomic E-state index is 12.2. The van der Waals surface area contributed by atoms with Gasteiger partial charge in [-0.05, 0) is 25.1 Å². The first-order valence-corrected chi connectivity index (χ1v) is 7.57. The standard InChI is InChI=1S/C15H16N2O5S/c1-4-22-10-6-5-9(7-11(10)20-2)13(18)17-15-16-8-12(23-15)14(19)21-3/h5-8H,4H2,1-3H3,(H,16,17,18). The van der Waals surface area contributed by atoms with E-state index in [0.29, 0.717) is 33.7 Å². The van der Waals surface area contributed by atoms with Gasteiger partial charge in [-0.2, -0.15) is 0 Å². The third-order valence-corrected chi connectivity index (χ3v) is 3.73. The number of hydrogen-bond acceptors (Lipinski definition) is 7. The second kappa shape index (κ2) is 7.59. The van der Waals surface area contributed by atoms with Gasteiger partial charge in [0.25, 0.3) is 5.91 Å². The molecule has 1 aromatic heterocycles. The Morgan fingerprint density at radius 1 is 1.26 bits per heavy atom. The molecule has 1 aromatic carbocycles. The molecular weight excluding hydrogens is 320 g/mol. The van der Waals surface area contributed by atoms with Crippen molar-refractivity contribution in [3.63, 3.8) is 0 Å². The zero-order chi connectivity index (χ0) is 16.8. The summed E-state index contributed by atoms with van der Waals surface area (Å²) in [6, 6.07) is 4.87. The SMILES string of the molecule is CCOc1ccc(C(=O)Nc2ncc(C(=O)OC)s2)cc1OC. The Morgan fingerprint density at radius 3 is 2.70 bits per heavy atom. The van der Waals surface area contributed by atoms with Gasteiger partial charge in [0.15, 0.2) is 16.6 Å². The molecule has 8 heteroatoms. The average Bonchev–Trinajstić information content (AvgIpc) is 3.03. The monoisotopic (exact) mass is 336 g/mol. The molecule has 0 bridgehead atoms. The van der Waals surface area contributed by atoms with E-state index in [0.717, 1.165) is 11.3 Å². The Hall–Kier alpha value is -2.61. The number of anilines is 1. The van der Waals surface area contributed by atoms with E-state index in [1.54, 1.807) is 18.2 Å². The van der Waals surface area contributed by atoms with Gasteiger partial charge in [-0.1, -0.05) is 11.3 Å². The van der Waals surface area contributed by atoms with Crippen LogP contribution in [0.2, 0.25) is 0 Å². The number of esters is 1. The highest BCUT2D eigenvalue weighted by Crippen LogP contribution is 2.28. The first-order valence-electron chi connectivity index (χ1n) is 6.75. The Bertz CT molecular complexity index is 714. The number of thiazole rings is 1. The van der Waals surface area contributed by atoms with Crippen LogP contribution in [0.25, 0.3) is 0 Å². The van der Waals surface area contributed by atoms with Gasteiger partial charge in [0, 0.05) is 5.56 Å². The van der Waals surface area contributed by atoms with Crippen LogP contribution >= 0.6 is 11.3 Å². The molecule has 23 heavy (non-hydrogen) atoms. The van der Waals surface area contributed by atoms with E-state index >= 15 is 0 Å². The Labute approximate surface area is 137 Å². The lowest BCUT2D eigenvalue weighted by Gasteiger charge is -2.10. The fourth-order valence-corrected chi connectivity index (χ4v) is 2.51. The highest BCUT2D eigenvalue weighted by Gasteiger charge is 2.15. The first-order chi connectivity index (χ1) is 11.1. The van der Waals surface area contributed by atoms with Crippen LogP contribution in [0.1, 0.15) is 27.0 Å². The van der Waals surface area contributed by atoms with Gasteiger partial charge >= 0.3 is 5.97 Å². The van der Waals surface area contributed by atoms with E-state index in [4.69, 9.17) is 9.47 Å². The maximum Gasteiger partial charge on any atom is 0.349 e. The number of amides is 1. The highest BCUT2D eigenvalue weighted by atomic mass is 32.1. The van der Waals surface area contributed by atoms with Crippen LogP contribution in [-0.4, -0.2) is 37.7 Å². The van der Waals surface area contributed by atoms with E-state index in [1.165, 1.54) is 20.4 Å². The predicted octanol–water partition coefficient (Wildman–Crippen LogP) is 2.59. The molecule has 0 spiro atoms. The number of carbonyl (C=O) groups excluding carboxylic acids is 2. The molecule has 1 N–H and O–H groups in total. The summed E-state index contributed by atoms with van der Waals surface area (Å²) in [5, 5.41) is 2.93. The van der Waals surface area contributed by atoms with Crippen molar-refractivity contribution < 1.29 is 23.8 Å². The fourth-order valence-electron chi connectivity index (χ4n) is 1.78. The van der Waals surface area contributed by atoms with Crippen molar-refractivity contribution in [3.8, 4) is 11.5 Å². The normalized spacial score (nSPS) is 10.0. The fraction of sp³-hybridized carbons (Fsp3) is 0.267. The molecule has 2 aromatic rings. The summed E-state index contributed by atoms with van der Waals surface area (Å²) < 4.78 is 15.2. The summed E-state index contributed by atoms with van der Waals surface area (Å²) in [5.74, 6) is 0.172. The minimum Gasteiger partial charge on any atom is -0.493 e. The first kappa shape index (κ1) is 16.8. The number of ether oxygens (including phenoxy) is 3. The molecule has 0 aliphatic rings. The van der Waals surface area contributed by atoms with Gasteiger partial charge in [-0.25, -0.2) is 9.78 Å². The highest BCUT2D eigenvalue weighted by molar-refractivity contribution is 7.17. The third-order valence-electron chi connectivity index (χ3n) is 2.84. The quantitative estimate of drug-likeness (QED) is 0.816. The second-order valence-corrected chi connectivity index (χ2v) is 5.30. The van der Waals surface area contributed by atoms with Gasteiger partial charge < -0.3 is 14.2 Å². The number of methoxy groups -OCH3 is 2. The van der Waals surface area contributed by atoms with E-state index in [1.807, 2.05) is 6.92 Å². The Balaban J connectivity index is 2.14. The van der Waals surface area contributed by atoms with Gasteiger partial charge in [-0.3, -0.25) is 10.1 Å². The minimum absolute atomic E-state index is 0.309. The summed E-state index contributed by atoms with van der Waals surface area (Å²) in [5.41, 5.74) is 0.389. The number of benzene rings is 1. The van der Waals surface area contributed by atoms with Crippen molar-refractivity contribution in [3.05, 3.63) is 34.8 Å². The zero-order valence-electron chi connectivity index (χ0n) is 12.9. The van der Waals surface area contributed by atoms with Crippen molar-refractivity contribution >= 4 is 28.3 Å². The molecule has 1 heterocycles. The van der Waals surface area contributed by atoms with Crippen LogP contribution in [0.3, 0.4) is 0 Å². The molecule has 0 saturated carbocycles. The van der Waals surface area contributed by atoms with E-state index in [2.05, 4.69) is 15.0 Å². The third kappa shape index (κ3) is 3.98. The van der Waals surface area contributed by atoms with Crippen molar-refractivity contribution in [2.45, 2.75) is 6.92 Å². The molecule has 7 nitrogen and oxygen atoms in total. The number of aromatic nitrogens is 1. The van der Waals surface area contributed by atoms with Crippen LogP contribution in [0.15, 0.2) is 24.4 Å². The smallest absolute Gasteiger partial charge is 0.349 e. The molecule has 122 valence electrons. The largest absolute Gasteiger partial charge is 0.493 e. The Kier molecular flexibility index (Phi) is 5.53. The van der Waals surface area contributed by atoms with Crippen LogP contribution in [0.4, 0.5) is 5.13 Å². The Morgan fingerprint density at radius 2 is 2.04 bits per heavy atom. The summed E-state index contributed by atoms with van der Waals surface area (Å²) in [4.78, 5) is 27.9. The molecule has 0 fully saturated rings. The van der Waals surface area contributed by atoms with E-state index in [9.17, 15) is 9.59 Å². The summed E-state index contributed by atoms with van der Waals surface area (Å²) in [6.07, 6.45) is 1.35. The lowest BCUT2D eigenvalue weighted by atomic mass is 10.2. The molecule has 0 atom stereocenters. The minimum atomic E-state index is -0.495. The molecule has 0 radical (unpaired) electrons. The molecule has 0 aliphatic carbocycles. The van der Waals surface area contributed by atoms with Crippen molar-refractivity contribution in [2.75, 3.05) is 26.1 Å². The lowest BCUT2D eigenvalue weighted by Crippen LogP contribution is -2.12. The van der Waals surface area contributed by atoms with Crippen LogP contribution in [0, 0.1) is 0 Å². The van der Waals surface area contributed by atoms with E-state index < -0.39 is 5.97 Å². The molecule has 1 amide bonds. The maximum atomic E-state index is 12.2. The summed E-state index contributed by atoms with van der Waals surface area (Å²) >= 11 is 1.04. The topological polar surface area (TPSA) is 86.8 Å². The summed E-state index contributed by atoms with van der Waals surface area (Å²) in [6.45, 7) is 2.36. The van der Waals surface area contributed by atoms with Gasteiger partial charge in [0.2, 0.25) is 0 Å². The van der Waals surface area contributed by atoms with Crippen molar-refractivity contribution in [1.29, 1.82) is 0 Å². The number of nitrogens with zero attached hydrogens (tertiary/aromatic N) is 1. The predicted molar refractivity (Wildman–Crippen MR) is 85.6 cm³/mol. The molecule has 2 rings (SSSR count). The van der Waals surface area contributed by atoms with Crippen molar-refractivity contribution in [2.24, 2.45) is 0 Å². The van der Waals surface area contributed by atoms with Gasteiger partial charge in [-0.15, -0.1) is 0 Å². The lowest BCUT2D eigenvalue weighted by molar-refractivity contribution is 0.0606. The van der Waals surface area contributed by atoms with Crippen LogP contribution < -0.4 is 14.8 Å². The number of carbonyl (C=O) groups is 2. The average molecular weight is 336 g/mol. The molecular formula is C15H16N2O5S. The van der Waals surface area contributed by atoms with Crippen LogP contribution in [0.5, 0.6) is 11.5 Å². The molecule has 0 unspecified atom stereocenters. The number of hydrogen-bond donors (Lipinski definition) is 1. The van der Waals surface area contributed by atoms with Crippen molar-refractivity contribution in [1.82, 2.24) is 4.98 Å². The van der Waals surface area contributed by atoms with Crippen LogP contribution in [-0.2, 0) is 4.74 Å². The zero-order valence-corrected chi connectivity index (χ0v) is 13.7.